The number of rotatable bonds is 8. The largest absolute Gasteiger partial charge is 0.416 e. The molecule has 0 spiro atoms. The first kappa shape index (κ1) is 30.2. The lowest BCUT2D eigenvalue weighted by molar-refractivity contribution is -0.145. The van der Waals surface area contributed by atoms with Crippen molar-refractivity contribution in [1.82, 2.24) is 20.0 Å². The molecule has 5 rings (SSSR count). The number of alkyl halides is 3. The van der Waals surface area contributed by atoms with Gasteiger partial charge in [0, 0.05) is 45.0 Å². The fourth-order valence-electron chi connectivity index (χ4n) is 5.72. The SMILES string of the molecule is O=C(CC1C(=O)NCCN1C(=O)CN1CCN(C(c2ccccc2)c2ccccc2)CC1)Nc1cccc(C(F)(F)F)c1. The molecule has 8 nitrogen and oxygen atoms in total. The first-order valence-corrected chi connectivity index (χ1v) is 14.3. The van der Waals surface area contributed by atoms with Crippen molar-refractivity contribution < 1.29 is 27.6 Å². The smallest absolute Gasteiger partial charge is 0.353 e. The van der Waals surface area contributed by atoms with Crippen molar-refractivity contribution in [3.63, 3.8) is 0 Å². The van der Waals surface area contributed by atoms with Crippen molar-refractivity contribution in [1.29, 1.82) is 0 Å². The third kappa shape index (κ3) is 7.60. The second kappa shape index (κ2) is 13.4. The van der Waals surface area contributed by atoms with Crippen LogP contribution in [0.4, 0.5) is 18.9 Å². The highest BCUT2D eigenvalue weighted by atomic mass is 19.4. The van der Waals surface area contributed by atoms with Crippen LogP contribution < -0.4 is 10.6 Å². The average molecular weight is 594 g/mol. The van der Waals surface area contributed by atoms with E-state index in [0.29, 0.717) is 13.1 Å². The zero-order valence-electron chi connectivity index (χ0n) is 23.6. The van der Waals surface area contributed by atoms with Gasteiger partial charge < -0.3 is 15.5 Å². The van der Waals surface area contributed by atoms with Gasteiger partial charge in [0.05, 0.1) is 24.6 Å². The van der Waals surface area contributed by atoms with E-state index in [-0.39, 0.29) is 43.7 Å². The maximum absolute atomic E-state index is 13.4. The highest BCUT2D eigenvalue weighted by Crippen LogP contribution is 2.31. The molecule has 0 aliphatic carbocycles. The Morgan fingerprint density at radius 1 is 0.860 bits per heavy atom. The number of piperazine rings is 2. The summed E-state index contributed by atoms with van der Waals surface area (Å²) in [6, 6.07) is 24.0. The van der Waals surface area contributed by atoms with Crippen LogP contribution in [0.3, 0.4) is 0 Å². The van der Waals surface area contributed by atoms with Crippen LogP contribution in [0.25, 0.3) is 0 Å². The monoisotopic (exact) mass is 593 g/mol. The van der Waals surface area contributed by atoms with E-state index < -0.39 is 29.6 Å². The third-order valence-electron chi connectivity index (χ3n) is 7.87. The fourth-order valence-corrected chi connectivity index (χ4v) is 5.72. The summed E-state index contributed by atoms with van der Waals surface area (Å²) >= 11 is 0. The van der Waals surface area contributed by atoms with Gasteiger partial charge in [-0.3, -0.25) is 24.2 Å². The Kier molecular flexibility index (Phi) is 9.42. The molecule has 1 unspecified atom stereocenters. The molecule has 43 heavy (non-hydrogen) atoms. The van der Waals surface area contributed by atoms with E-state index >= 15 is 0 Å². The van der Waals surface area contributed by atoms with Crippen molar-refractivity contribution >= 4 is 23.4 Å². The van der Waals surface area contributed by atoms with Crippen LogP contribution in [-0.2, 0) is 20.6 Å². The molecule has 11 heteroatoms. The molecular weight excluding hydrogens is 559 g/mol. The van der Waals surface area contributed by atoms with Crippen LogP contribution in [-0.4, -0.2) is 84.3 Å². The van der Waals surface area contributed by atoms with Crippen molar-refractivity contribution in [3.05, 3.63) is 102 Å². The quantitative estimate of drug-likeness (QED) is 0.416. The number of amides is 3. The summed E-state index contributed by atoms with van der Waals surface area (Å²) in [7, 11) is 0. The van der Waals surface area contributed by atoms with Crippen LogP contribution >= 0.6 is 0 Å². The van der Waals surface area contributed by atoms with E-state index in [1.165, 1.54) is 28.2 Å². The maximum Gasteiger partial charge on any atom is 0.416 e. The van der Waals surface area contributed by atoms with Gasteiger partial charge in [-0.2, -0.15) is 13.2 Å². The highest BCUT2D eigenvalue weighted by molar-refractivity contribution is 5.97. The minimum atomic E-state index is -4.55. The van der Waals surface area contributed by atoms with Gasteiger partial charge in [-0.15, -0.1) is 0 Å². The zero-order valence-corrected chi connectivity index (χ0v) is 23.6. The molecule has 2 saturated heterocycles. The van der Waals surface area contributed by atoms with Crippen LogP contribution in [0.2, 0.25) is 0 Å². The number of anilines is 1. The molecule has 0 radical (unpaired) electrons. The van der Waals surface area contributed by atoms with Gasteiger partial charge >= 0.3 is 6.18 Å². The normalized spacial score (nSPS) is 18.4. The van der Waals surface area contributed by atoms with Crippen LogP contribution in [0.15, 0.2) is 84.9 Å². The van der Waals surface area contributed by atoms with Gasteiger partial charge in [0.15, 0.2) is 0 Å². The molecule has 2 N–H and O–H groups in total. The molecule has 0 saturated carbocycles. The number of nitrogens with zero attached hydrogens (tertiary/aromatic N) is 3. The minimum absolute atomic E-state index is 0.0314. The van der Waals surface area contributed by atoms with Crippen molar-refractivity contribution in [2.24, 2.45) is 0 Å². The number of benzene rings is 3. The molecular formula is C32H34F3N5O3. The van der Waals surface area contributed by atoms with Crippen LogP contribution in [0.1, 0.15) is 29.2 Å². The Bertz CT molecular complexity index is 1370. The summed E-state index contributed by atoms with van der Waals surface area (Å²) in [6.45, 7) is 3.41. The van der Waals surface area contributed by atoms with E-state index in [2.05, 4.69) is 44.7 Å². The van der Waals surface area contributed by atoms with E-state index in [1.807, 2.05) is 36.4 Å². The summed E-state index contributed by atoms with van der Waals surface area (Å²) in [5.74, 6) is -1.37. The molecule has 0 bridgehead atoms. The minimum Gasteiger partial charge on any atom is -0.353 e. The van der Waals surface area contributed by atoms with Gasteiger partial charge in [0.2, 0.25) is 17.7 Å². The zero-order chi connectivity index (χ0) is 30.4. The van der Waals surface area contributed by atoms with Crippen LogP contribution in [0, 0.1) is 0 Å². The Hall–Kier alpha value is -4.22. The van der Waals surface area contributed by atoms with E-state index in [1.54, 1.807) is 0 Å². The number of hydrogen-bond donors (Lipinski definition) is 2. The average Bonchev–Trinajstić information content (AvgIpc) is 3.00. The summed E-state index contributed by atoms with van der Waals surface area (Å²) in [5, 5.41) is 5.12. The number of hydrogen-bond acceptors (Lipinski definition) is 5. The van der Waals surface area contributed by atoms with Gasteiger partial charge in [0.25, 0.3) is 0 Å². The molecule has 2 aliphatic rings. The van der Waals surface area contributed by atoms with Gasteiger partial charge in [0.1, 0.15) is 6.04 Å². The Labute approximate surface area is 248 Å². The number of halogens is 3. The molecule has 3 aromatic carbocycles. The third-order valence-corrected chi connectivity index (χ3v) is 7.87. The van der Waals surface area contributed by atoms with Gasteiger partial charge in [-0.05, 0) is 29.3 Å². The molecule has 3 aromatic rings. The maximum atomic E-state index is 13.4. The summed E-state index contributed by atoms with van der Waals surface area (Å²) < 4.78 is 39.2. The topological polar surface area (TPSA) is 85.0 Å². The molecule has 2 heterocycles. The Balaban J connectivity index is 1.19. The lowest BCUT2D eigenvalue weighted by Crippen LogP contribution is -2.60. The van der Waals surface area contributed by atoms with Crippen LogP contribution in [0.5, 0.6) is 0 Å². The first-order valence-electron chi connectivity index (χ1n) is 14.3. The summed E-state index contributed by atoms with van der Waals surface area (Å²) in [4.78, 5) is 44.7. The Morgan fingerprint density at radius 3 is 2.09 bits per heavy atom. The van der Waals surface area contributed by atoms with Crippen molar-refractivity contribution in [3.8, 4) is 0 Å². The molecule has 226 valence electrons. The number of carbonyl (C=O) groups is 3. The van der Waals surface area contributed by atoms with Crippen molar-refractivity contribution in [2.75, 3.05) is 51.1 Å². The Morgan fingerprint density at radius 2 is 1.49 bits per heavy atom. The molecule has 1 atom stereocenters. The molecule has 0 aromatic heterocycles. The molecule has 2 aliphatic heterocycles. The van der Waals surface area contributed by atoms with Crippen molar-refractivity contribution in [2.45, 2.75) is 24.7 Å². The predicted molar refractivity (Wildman–Crippen MR) is 156 cm³/mol. The predicted octanol–water partition coefficient (Wildman–Crippen LogP) is 3.77. The van der Waals surface area contributed by atoms with E-state index in [0.717, 1.165) is 25.2 Å². The highest BCUT2D eigenvalue weighted by Gasteiger charge is 2.36. The second-order valence-electron chi connectivity index (χ2n) is 10.8. The van der Waals surface area contributed by atoms with Gasteiger partial charge in [-0.25, -0.2) is 0 Å². The lowest BCUT2D eigenvalue weighted by Gasteiger charge is -2.41. The molecule has 2 fully saturated rings. The number of nitrogens with one attached hydrogen (secondary N) is 2. The lowest BCUT2D eigenvalue weighted by atomic mass is 9.96. The summed E-state index contributed by atoms with van der Waals surface area (Å²) in [6.07, 6.45) is -4.92. The fraction of sp³-hybridized carbons (Fsp3) is 0.344. The van der Waals surface area contributed by atoms with Gasteiger partial charge in [-0.1, -0.05) is 66.7 Å². The van der Waals surface area contributed by atoms with E-state index in [9.17, 15) is 27.6 Å². The number of carbonyl (C=O) groups excluding carboxylic acids is 3. The molecule has 3 amide bonds. The van der Waals surface area contributed by atoms with E-state index in [4.69, 9.17) is 0 Å². The standard InChI is InChI=1S/C32H34F3N5O3/c33-32(34,35)25-12-7-13-26(20-25)37-28(41)21-27-31(43)36-14-15-40(27)29(42)22-38-16-18-39(19-17-38)30(23-8-3-1-4-9-23)24-10-5-2-6-11-24/h1-13,20,27,30H,14-19,21-22H2,(H,36,43)(H,37,41). The summed E-state index contributed by atoms with van der Waals surface area (Å²) in [5.41, 5.74) is 1.47. The second-order valence-corrected chi connectivity index (χ2v) is 10.8. The first-order chi connectivity index (χ1) is 20.7.